The highest BCUT2D eigenvalue weighted by atomic mass is 16.5. The van der Waals surface area contributed by atoms with E-state index in [0.717, 1.165) is 30.8 Å². The summed E-state index contributed by atoms with van der Waals surface area (Å²) >= 11 is 0. The van der Waals surface area contributed by atoms with Gasteiger partial charge >= 0.3 is 0 Å². The van der Waals surface area contributed by atoms with Crippen LogP contribution in [0.25, 0.3) is 10.9 Å². The van der Waals surface area contributed by atoms with Crippen LogP contribution in [0.3, 0.4) is 0 Å². The molecule has 0 radical (unpaired) electrons. The highest BCUT2D eigenvalue weighted by molar-refractivity contribution is 5.91. The number of nitrogens with zero attached hydrogens (tertiary/aromatic N) is 1. The first-order valence-corrected chi connectivity index (χ1v) is 5.61. The molecule has 1 aliphatic rings. The summed E-state index contributed by atoms with van der Waals surface area (Å²) in [6.07, 6.45) is 2.90. The maximum Gasteiger partial charge on any atom is 0.0722 e. The predicted molar refractivity (Wildman–Crippen MR) is 64.6 cm³/mol. The molecule has 1 aromatic carbocycles. The van der Waals surface area contributed by atoms with Gasteiger partial charge in [-0.2, -0.15) is 0 Å². The number of hydrogen-bond donors (Lipinski definition) is 1. The molecule has 1 aliphatic heterocycles. The van der Waals surface area contributed by atoms with Crippen LogP contribution in [0.2, 0.25) is 0 Å². The molecule has 1 saturated heterocycles. The molecule has 0 amide bonds. The van der Waals surface area contributed by atoms with E-state index in [1.54, 1.807) is 0 Å². The maximum absolute atomic E-state index is 5.36. The molecule has 0 aliphatic carbocycles. The first kappa shape index (κ1) is 9.60. The molecular weight excluding hydrogens is 200 g/mol. The lowest BCUT2D eigenvalue weighted by atomic mass is 10.1. The van der Waals surface area contributed by atoms with Crippen molar-refractivity contribution in [1.29, 1.82) is 0 Å². The van der Waals surface area contributed by atoms with E-state index in [4.69, 9.17) is 4.74 Å². The number of aromatic nitrogens is 1. The number of benzene rings is 1. The Hall–Kier alpha value is -1.61. The Morgan fingerprint density at radius 2 is 2.25 bits per heavy atom. The van der Waals surface area contributed by atoms with E-state index in [2.05, 4.69) is 22.4 Å². The minimum absolute atomic E-state index is 0.436. The van der Waals surface area contributed by atoms with Crippen molar-refractivity contribution in [1.82, 2.24) is 4.98 Å². The number of pyridine rings is 1. The average Bonchev–Trinajstić information content (AvgIpc) is 2.82. The van der Waals surface area contributed by atoms with Crippen LogP contribution in [0, 0.1) is 0 Å². The standard InChI is InChI=1S/C13H14N2O/c1-4-12-11(3-2-7-14-12)13(5-1)15-10-6-8-16-9-10/h1-5,7,10,15H,6,8-9H2. The van der Waals surface area contributed by atoms with Crippen LogP contribution in [-0.2, 0) is 4.74 Å². The van der Waals surface area contributed by atoms with Crippen molar-refractivity contribution in [3.63, 3.8) is 0 Å². The lowest BCUT2D eigenvalue weighted by Crippen LogP contribution is -2.18. The minimum Gasteiger partial charge on any atom is -0.379 e. The Morgan fingerprint density at radius 1 is 1.25 bits per heavy atom. The lowest BCUT2D eigenvalue weighted by Gasteiger charge is -2.13. The maximum atomic E-state index is 5.36. The smallest absolute Gasteiger partial charge is 0.0722 e. The van der Waals surface area contributed by atoms with Gasteiger partial charge in [0.15, 0.2) is 0 Å². The van der Waals surface area contributed by atoms with Crippen LogP contribution in [0.1, 0.15) is 6.42 Å². The topological polar surface area (TPSA) is 34.1 Å². The van der Waals surface area contributed by atoms with Gasteiger partial charge in [-0.25, -0.2) is 0 Å². The highest BCUT2D eigenvalue weighted by Crippen LogP contribution is 2.23. The second kappa shape index (κ2) is 4.10. The van der Waals surface area contributed by atoms with Crippen molar-refractivity contribution in [3.05, 3.63) is 36.5 Å². The van der Waals surface area contributed by atoms with Crippen LogP contribution in [-0.4, -0.2) is 24.2 Å². The van der Waals surface area contributed by atoms with Crippen LogP contribution >= 0.6 is 0 Å². The van der Waals surface area contributed by atoms with E-state index in [0.29, 0.717) is 6.04 Å². The van der Waals surface area contributed by atoms with E-state index in [1.807, 2.05) is 24.4 Å². The molecule has 16 heavy (non-hydrogen) atoms. The minimum atomic E-state index is 0.436. The first-order valence-electron chi connectivity index (χ1n) is 5.61. The number of hydrogen-bond acceptors (Lipinski definition) is 3. The molecule has 1 atom stereocenters. The third-order valence-corrected chi connectivity index (χ3v) is 2.94. The summed E-state index contributed by atoms with van der Waals surface area (Å²) in [6.45, 7) is 1.66. The SMILES string of the molecule is c1cc(NC2CCOC2)c2cccnc2c1. The predicted octanol–water partition coefficient (Wildman–Crippen LogP) is 2.44. The molecule has 2 heterocycles. The van der Waals surface area contributed by atoms with Gasteiger partial charge in [0.1, 0.15) is 0 Å². The lowest BCUT2D eigenvalue weighted by molar-refractivity contribution is 0.195. The molecule has 82 valence electrons. The third kappa shape index (κ3) is 1.74. The van der Waals surface area contributed by atoms with E-state index in [1.165, 1.54) is 5.39 Å². The van der Waals surface area contributed by atoms with Crippen LogP contribution in [0.5, 0.6) is 0 Å². The Morgan fingerprint density at radius 3 is 3.12 bits per heavy atom. The molecule has 0 bridgehead atoms. The zero-order valence-corrected chi connectivity index (χ0v) is 9.02. The van der Waals surface area contributed by atoms with Gasteiger partial charge in [0, 0.05) is 23.9 Å². The molecular formula is C13H14N2O. The zero-order valence-electron chi connectivity index (χ0n) is 9.02. The summed E-state index contributed by atoms with van der Waals surface area (Å²) in [7, 11) is 0. The molecule has 0 spiro atoms. The van der Waals surface area contributed by atoms with Crippen molar-refractivity contribution < 1.29 is 4.74 Å². The van der Waals surface area contributed by atoms with Crippen molar-refractivity contribution in [2.24, 2.45) is 0 Å². The molecule has 1 unspecified atom stereocenters. The van der Waals surface area contributed by atoms with Gasteiger partial charge < -0.3 is 10.1 Å². The number of ether oxygens (including phenoxy) is 1. The third-order valence-electron chi connectivity index (χ3n) is 2.94. The zero-order chi connectivity index (χ0) is 10.8. The number of anilines is 1. The highest BCUT2D eigenvalue weighted by Gasteiger charge is 2.15. The largest absolute Gasteiger partial charge is 0.379 e. The normalized spacial score (nSPS) is 20.1. The van der Waals surface area contributed by atoms with E-state index < -0.39 is 0 Å². The van der Waals surface area contributed by atoms with Crippen LogP contribution in [0.15, 0.2) is 36.5 Å². The number of nitrogens with one attached hydrogen (secondary N) is 1. The summed E-state index contributed by atoms with van der Waals surface area (Å²) in [4.78, 5) is 4.35. The molecule has 2 aromatic rings. The summed E-state index contributed by atoms with van der Waals surface area (Å²) in [5, 5.41) is 4.70. The van der Waals surface area contributed by atoms with Crippen molar-refractivity contribution >= 4 is 16.6 Å². The number of fused-ring (bicyclic) bond motifs is 1. The molecule has 3 nitrogen and oxygen atoms in total. The number of rotatable bonds is 2. The fourth-order valence-electron chi connectivity index (χ4n) is 2.10. The summed E-state index contributed by atoms with van der Waals surface area (Å²) in [5.74, 6) is 0. The van der Waals surface area contributed by atoms with Crippen LogP contribution < -0.4 is 5.32 Å². The van der Waals surface area contributed by atoms with Gasteiger partial charge in [0.25, 0.3) is 0 Å². The Balaban J connectivity index is 1.96. The van der Waals surface area contributed by atoms with Crippen molar-refractivity contribution in [3.8, 4) is 0 Å². The Kier molecular flexibility index (Phi) is 2.46. The van der Waals surface area contributed by atoms with Crippen LogP contribution in [0.4, 0.5) is 5.69 Å². The second-order valence-corrected chi connectivity index (χ2v) is 4.08. The molecule has 3 rings (SSSR count). The molecule has 3 heteroatoms. The first-order chi connectivity index (χ1) is 7.93. The summed E-state index contributed by atoms with van der Waals surface area (Å²) in [5.41, 5.74) is 2.19. The molecule has 0 saturated carbocycles. The van der Waals surface area contributed by atoms with Crippen molar-refractivity contribution in [2.45, 2.75) is 12.5 Å². The van der Waals surface area contributed by atoms with Gasteiger partial charge in [-0.3, -0.25) is 4.98 Å². The van der Waals surface area contributed by atoms with Gasteiger partial charge in [-0.05, 0) is 30.7 Å². The van der Waals surface area contributed by atoms with Gasteiger partial charge in [-0.15, -0.1) is 0 Å². The summed E-state index contributed by atoms with van der Waals surface area (Å²) in [6, 6.07) is 10.7. The molecule has 1 aromatic heterocycles. The van der Waals surface area contributed by atoms with E-state index >= 15 is 0 Å². The molecule has 1 fully saturated rings. The second-order valence-electron chi connectivity index (χ2n) is 4.08. The van der Waals surface area contributed by atoms with Crippen molar-refractivity contribution in [2.75, 3.05) is 18.5 Å². The Labute approximate surface area is 94.5 Å². The van der Waals surface area contributed by atoms with Gasteiger partial charge in [0.05, 0.1) is 18.2 Å². The fourth-order valence-corrected chi connectivity index (χ4v) is 2.10. The monoisotopic (exact) mass is 214 g/mol. The van der Waals surface area contributed by atoms with E-state index in [9.17, 15) is 0 Å². The van der Waals surface area contributed by atoms with Gasteiger partial charge in [-0.1, -0.05) is 6.07 Å². The molecule has 1 N–H and O–H groups in total. The van der Waals surface area contributed by atoms with E-state index in [-0.39, 0.29) is 0 Å². The van der Waals surface area contributed by atoms with Gasteiger partial charge in [0.2, 0.25) is 0 Å². The quantitative estimate of drug-likeness (QED) is 0.833. The summed E-state index contributed by atoms with van der Waals surface area (Å²) < 4.78 is 5.36. The Bertz CT molecular complexity index is 487. The fraction of sp³-hybridized carbons (Fsp3) is 0.308. The average molecular weight is 214 g/mol.